The number of ether oxygens (including phenoxy) is 1. The molecule has 0 bridgehead atoms. The first kappa shape index (κ1) is 12.7. The molecule has 0 fully saturated rings. The molecule has 93 valence electrons. The minimum absolute atomic E-state index is 0.000283. The van der Waals surface area contributed by atoms with Crippen LogP contribution in [0.3, 0.4) is 0 Å². The van der Waals surface area contributed by atoms with Gasteiger partial charge in [-0.25, -0.2) is 0 Å². The molecule has 0 saturated heterocycles. The van der Waals surface area contributed by atoms with Crippen molar-refractivity contribution in [2.24, 2.45) is 5.73 Å². The molecule has 1 radical (unpaired) electrons. The molecule has 2 aromatic carbocycles. The topological polar surface area (TPSA) is 35.2 Å². The van der Waals surface area contributed by atoms with Crippen molar-refractivity contribution < 1.29 is 4.74 Å². The van der Waals surface area contributed by atoms with E-state index in [9.17, 15) is 0 Å². The molecule has 0 aliphatic heterocycles. The molecule has 0 aliphatic carbocycles. The van der Waals surface area contributed by atoms with Crippen LogP contribution in [0.2, 0.25) is 0 Å². The summed E-state index contributed by atoms with van der Waals surface area (Å²) in [5.41, 5.74) is 8.50. The van der Waals surface area contributed by atoms with Crippen LogP contribution in [-0.2, 0) is 6.42 Å². The van der Waals surface area contributed by atoms with Crippen molar-refractivity contribution in [3.63, 3.8) is 0 Å². The standard InChI is InChI=1S/C16H18NO/c1-18-15-9-5-8-14(12-15)16(17)11-10-13-6-3-2-4-7-13/h2-7,9,12,16H,10-11,17H2,1H3/t16-/m1/s1. The first-order chi connectivity index (χ1) is 8.79. The molecule has 0 amide bonds. The molecule has 0 heterocycles. The average Bonchev–Trinajstić information content (AvgIpc) is 2.46. The van der Waals surface area contributed by atoms with Crippen molar-refractivity contribution in [2.75, 3.05) is 7.11 Å². The average molecular weight is 240 g/mol. The number of hydrogen-bond donors (Lipinski definition) is 1. The van der Waals surface area contributed by atoms with E-state index in [1.807, 2.05) is 24.3 Å². The zero-order valence-electron chi connectivity index (χ0n) is 10.6. The summed E-state index contributed by atoms with van der Waals surface area (Å²) in [6, 6.07) is 19.3. The molecule has 0 saturated carbocycles. The molecule has 0 aliphatic rings. The van der Waals surface area contributed by atoms with Crippen molar-refractivity contribution in [3.05, 3.63) is 65.7 Å². The van der Waals surface area contributed by atoms with Gasteiger partial charge in [0.05, 0.1) is 7.11 Å². The van der Waals surface area contributed by atoms with Gasteiger partial charge in [0.15, 0.2) is 0 Å². The van der Waals surface area contributed by atoms with E-state index in [-0.39, 0.29) is 6.04 Å². The molecule has 2 nitrogen and oxygen atoms in total. The highest BCUT2D eigenvalue weighted by Crippen LogP contribution is 2.20. The highest BCUT2D eigenvalue weighted by molar-refractivity contribution is 5.29. The first-order valence-corrected chi connectivity index (χ1v) is 6.14. The van der Waals surface area contributed by atoms with Crippen molar-refractivity contribution in [3.8, 4) is 5.75 Å². The van der Waals surface area contributed by atoms with Gasteiger partial charge in [0, 0.05) is 6.04 Å². The normalized spacial score (nSPS) is 12.1. The second-order valence-electron chi connectivity index (χ2n) is 4.31. The Bertz CT molecular complexity index is 481. The van der Waals surface area contributed by atoms with Crippen LogP contribution in [0.5, 0.6) is 5.75 Å². The maximum Gasteiger partial charge on any atom is 0.119 e. The lowest BCUT2D eigenvalue weighted by molar-refractivity contribution is 0.413. The van der Waals surface area contributed by atoms with Crippen LogP contribution in [0.25, 0.3) is 0 Å². The molecule has 0 aromatic heterocycles. The summed E-state index contributed by atoms with van der Waals surface area (Å²) in [7, 11) is 1.66. The van der Waals surface area contributed by atoms with Gasteiger partial charge in [0.1, 0.15) is 5.75 Å². The minimum atomic E-state index is 0.000283. The van der Waals surface area contributed by atoms with Gasteiger partial charge in [-0.3, -0.25) is 0 Å². The monoisotopic (exact) mass is 240 g/mol. The van der Waals surface area contributed by atoms with Crippen LogP contribution < -0.4 is 10.5 Å². The fourth-order valence-electron chi connectivity index (χ4n) is 1.93. The van der Waals surface area contributed by atoms with E-state index < -0.39 is 0 Å². The summed E-state index contributed by atoms with van der Waals surface area (Å²) in [6.07, 6.45) is 1.89. The molecule has 1 atom stereocenters. The van der Waals surface area contributed by atoms with Gasteiger partial charge in [-0.2, -0.15) is 0 Å². The molecule has 2 heteroatoms. The maximum absolute atomic E-state index is 6.18. The maximum atomic E-state index is 6.18. The SMILES string of the molecule is COc1cc[c]c([C@H](N)CCc2ccccc2)c1. The molecule has 2 rings (SSSR count). The van der Waals surface area contributed by atoms with Crippen LogP contribution in [0.15, 0.2) is 48.5 Å². The fraction of sp³-hybridized carbons (Fsp3) is 0.250. The van der Waals surface area contributed by atoms with Gasteiger partial charge in [-0.05, 0) is 42.2 Å². The largest absolute Gasteiger partial charge is 0.497 e. The Morgan fingerprint density at radius 2 is 2.00 bits per heavy atom. The summed E-state index contributed by atoms with van der Waals surface area (Å²) in [5, 5.41) is 0. The number of benzene rings is 2. The predicted molar refractivity (Wildman–Crippen MR) is 73.5 cm³/mol. The second-order valence-corrected chi connectivity index (χ2v) is 4.31. The zero-order valence-corrected chi connectivity index (χ0v) is 10.6. The predicted octanol–water partition coefficient (Wildman–Crippen LogP) is 3.13. The quantitative estimate of drug-likeness (QED) is 0.871. The molecule has 0 spiro atoms. The smallest absolute Gasteiger partial charge is 0.119 e. The van der Waals surface area contributed by atoms with Crippen LogP contribution in [0.1, 0.15) is 23.6 Å². The Hall–Kier alpha value is -1.80. The number of aryl methyl sites for hydroxylation is 1. The highest BCUT2D eigenvalue weighted by Gasteiger charge is 2.07. The summed E-state index contributed by atoms with van der Waals surface area (Å²) in [5.74, 6) is 0.832. The van der Waals surface area contributed by atoms with Crippen molar-refractivity contribution >= 4 is 0 Å². The second kappa shape index (κ2) is 6.22. The number of rotatable bonds is 5. The lowest BCUT2D eigenvalue weighted by Gasteiger charge is -2.12. The number of nitrogens with two attached hydrogens (primary N) is 1. The van der Waals surface area contributed by atoms with E-state index in [4.69, 9.17) is 10.5 Å². The van der Waals surface area contributed by atoms with Crippen LogP contribution in [-0.4, -0.2) is 7.11 Å². The molecular formula is C16H18NO. The summed E-state index contributed by atoms with van der Waals surface area (Å²) >= 11 is 0. The molecular weight excluding hydrogens is 222 g/mol. The number of methoxy groups -OCH3 is 1. The molecule has 0 unspecified atom stereocenters. The highest BCUT2D eigenvalue weighted by atomic mass is 16.5. The third kappa shape index (κ3) is 3.34. The van der Waals surface area contributed by atoms with Gasteiger partial charge in [0.2, 0.25) is 0 Å². The van der Waals surface area contributed by atoms with Crippen molar-refractivity contribution in [2.45, 2.75) is 18.9 Å². The van der Waals surface area contributed by atoms with Gasteiger partial charge in [-0.1, -0.05) is 36.4 Å². The summed E-state index contributed by atoms with van der Waals surface area (Å²) in [6.45, 7) is 0. The summed E-state index contributed by atoms with van der Waals surface area (Å²) < 4.78 is 5.19. The van der Waals surface area contributed by atoms with E-state index in [0.29, 0.717) is 0 Å². The zero-order chi connectivity index (χ0) is 12.8. The lowest BCUT2D eigenvalue weighted by atomic mass is 10.00. The van der Waals surface area contributed by atoms with Gasteiger partial charge in [0.25, 0.3) is 0 Å². The Balaban J connectivity index is 1.97. The molecule has 2 N–H and O–H groups in total. The fourth-order valence-corrected chi connectivity index (χ4v) is 1.93. The van der Waals surface area contributed by atoms with Gasteiger partial charge >= 0.3 is 0 Å². The Morgan fingerprint density at radius 1 is 1.22 bits per heavy atom. The van der Waals surface area contributed by atoms with Crippen LogP contribution in [0.4, 0.5) is 0 Å². The van der Waals surface area contributed by atoms with E-state index in [0.717, 1.165) is 24.2 Å². The van der Waals surface area contributed by atoms with E-state index in [2.05, 4.69) is 30.3 Å². The van der Waals surface area contributed by atoms with Crippen LogP contribution in [0, 0.1) is 6.07 Å². The minimum Gasteiger partial charge on any atom is -0.497 e. The van der Waals surface area contributed by atoms with E-state index >= 15 is 0 Å². The number of hydrogen-bond acceptors (Lipinski definition) is 2. The Morgan fingerprint density at radius 3 is 2.72 bits per heavy atom. The Kier molecular flexibility index (Phi) is 4.37. The van der Waals surface area contributed by atoms with Crippen molar-refractivity contribution in [1.29, 1.82) is 0 Å². The first-order valence-electron chi connectivity index (χ1n) is 6.14. The Labute approximate surface area is 108 Å². The lowest BCUT2D eigenvalue weighted by Crippen LogP contribution is -2.11. The van der Waals surface area contributed by atoms with Crippen molar-refractivity contribution in [1.82, 2.24) is 0 Å². The summed E-state index contributed by atoms with van der Waals surface area (Å²) in [4.78, 5) is 0. The van der Waals surface area contributed by atoms with Gasteiger partial charge < -0.3 is 10.5 Å². The van der Waals surface area contributed by atoms with Gasteiger partial charge in [-0.15, -0.1) is 0 Å². The van der Waals surface area contributed by atoms with E-state index in [1.165, 1.54) is 5.56 Å². The van der Waals surface area contributed by atoms with E-state index in [1.54, 1.807) is 7.11 Å². The third-order valence-electron chi connectivity index (χ3n) is 3.02. The molecule has 2 aromatic rings. The van der Waals surface area contributed by atoms with Crippen LogP contribution >= 0.6 is 0 Å². The molecule has 18 heavy (non-hydrogen) atoms. The third-order valence-corrected chi connectivity index (χ3v) is 3.02.